The van der Waals surface area contributed by atoms with E-state index in [1.165, 1.54) is 11.1 Å². The lowest BCUT2D eigenvalue weighted by molar-refractivity contribution is -0.125. The van der Waals surface area contributed by atoms with Gasteiger partial charge in [-0.25, -0.2) is 4.98 Å². The quantitative estimate of drug-likeness (QED) is 0.746. The van der Waals surface area contributed by atoms with Crippen molar-refractivity contribution < 1.29 is 19.1 Å². The molecule has 1 aromatic carbocycles. The van der Waals surface area contributed by atoms with Gasteiger partial charge in [0.1, 0.15) is 18.2 Å². The zero-order chi connectivity index (χ0) is 22.5. The summed E-state index contributed by atoms with van der Waals surface area (Å²) in [5.74, 6) is 1.12. The highest BCUT2D eigenvalue weighted by Crippen LogP contribution is 2.31. The molecule has 0 aliphatic carbocycles. The van der Waals surface area contributed by atoms with Crippen LogP contribution >= 0.6 is 0 Å². The Morgan fingerprint density at radius 2 is 2.12 bits per heavy atom. The lowest BCUT2D eigenvalue weighted by Gasteiger charge is -2.19. The van der Waals surface area contributed by atoms with Gasteiger partial charge < -0.3 is 19.7 Å². The van der Waals surface area contributed by atoms with E-state index in [1.807, 2.05) is 23.1 Å². The number of ether oxygens (including phenoxy) is 2. The van der Waals surface area contributed by atoms with Crippen molar-refractivity contribution in [3.63, 3.8) is 0 Å². The van der Waals surface area contributed by atoms with Gasteiger partial charge in [-0.2, -0.15) is 0 Å². The molecular formula is C25H27N3O4. The molecule has 0 radical (unpaired) electrons. The summed E-state index contributed by atoms with van der Waals surface area (Å²) >= 11 is 0. The first-order valence-electron chi connectivity index (χ1n) is 10.7. The van der Waals surface area contributed by atoms with Crippen LogP contribution in [0.25, 0.3) is 11.6 Å². The summed E-state index contributed by atoms with van der Waals surface area (Å²) in [6.07, 6.45) is 8.75. The van der Waals surface area contributed by atoms with Crippen LogP contribution in [0.2, 0.25) is 0 Å². The summed E-state index contributed by atoms with van der Waals surface area (Å²) in [6, 6.07) is 8.05. The van der Waals surface area contributed by atoms with Crippen molar-refractivity contribution in [2.75, 3.05) is 32.1 Å². The van der Waals surface area contributed by atoms with Crippen molar-refractivity contribution in [2.24, 2.45) is 0 Å². The SMILES string of the molecule is COc1ccc(C)cc1C1=CCCN(C(=O)/C=C/c2cnc3c(c2)COCC(=O)N3)CC1. The molecule has 0 bridgehead atoms. The first kappa shape index (κ1) is 21.8. The second kappa shape index (κ2) is 9.78. The van der Waals surface area contributed by atoms with Crippen LogP contribution in [0.3, 0.4) is 0 Å². The van der Waals surface area contributed by atoms with Crippen molar-refractivity contribution in [3.8, 4) is 5.75 Å². The van der Waals surface area contributed by atoms with Gasteiger partial charge in [-0.05, 0) is 55.2 Å². The van der Waals surface area contributed by atoms with E-state index in [0.717, 1.165) is 35.3 Å². The molecule has 0 saturated carbocycles. The zero-order valence-corrected chi connectivity index (χ0v) is 18.4. The number of benzene rings is 1. The molecule has 1 aromatic heterocycles. The Kier molecular flexibility index (Phi) is 6.66. The lowest BCUT2D eigenvalue weighted by Crippen LogP contribution is -2.30. The van der Waals surface area contributed by atoms with E-state index in [0.29, 0.717) is 25.5 Å². The predicted molar refractivity (Wildman–Crippen MR) is 123 cm³/mol. The van der Waals surface area contributed by atoms with Gasteiger partial charge >= 0.3 is 0 Å². The number of methoxy groups -OCH3 is 1. The fourth-order valence-electron chi connectivity index (χ4n) is 3.94. The van der Waals surface area contributed by atoms with Gasteiger partial charge in [0.25, 0.3) is 5.91 Å². The number of nitrogens with one attached hydrogen (secondary N) is 1. The third-order valence-corrected chi connectivity index (χ3v) is 5.61. The Balaban J connectivity index is 1.41. The summed E-state index contributed by atoms with van der Waals surface area (Å²) in [7, 11) is 1.68. The molecule has 4 rings (SSSR count). The maximum atomic E-state index is 12.8. The molecule has 2 amide bonds. The molecule has 0 spiro atoms. The highest BCUT2D eigenvalue weighted by atomic mass is 16.5. The maximum absolute atomic E-state index is 12.8. The van der Waals surface area contributed by atoms with Crippen molar-refractivity contribution in [3.05, 3.63) is 64.9 Å². The topological polar surface area (TPSA) is 80.8 Å². The molecule has 0 saturated heterocycles. The average molecular weight is 434 g/mol. The molecule has 166 valence electrons. The molecule has 7 nitrogen and oxygen atoms in total. The number of amides is 2. The summed E-state index contributed by atoms with van der Waals surface area (Å²) in [5.41, 5.74) is 5.07. The van der Waals surface area contributed by atoms with Crippen molar-refractivity contribution in [1.29, 1.82) is 0 Å². The van der Waals surface area contributed by atoms with Crippen LogP contribution in [0.1, 0.15) is 35.1 Å². The Morgan fingerprint density at radius 3 is 2.97 bits per heavy atom. The molecule has 3 heterocycles. The molecule has 0 atom stereocenters. The Hall–Kier alpha value is -3.45. The number of fused-ring (bicyclic) bond motifs is 1. The molecule has 0 fully saturated rings. The highest BCUT2D eigenvalue weighted by molar-refractivity contribution is 5.93. The highest BCUT2D eigenvalue weighted by Gasteiger charge is 2.18. The average Bonchev–Trinajstić information content (AvgIpc) is 3.15. The van der Waals surface area contributed by atoms with Crippen LogP contribution in [-0.2, 0) is 20.9 Å². The fourth-order valence-corrected chi connectivity index (χ4v) is 3.94. The van der Waals surface area contributed by atoms with Gasteiger partial charge in [0, 0.05) is 36.5 Å². The maximum Gasteiger partial charge on any atom is 0.251 e. The molecule has 2 aromatic rings. The van der Waals surface area contributed by atoms with E-state index < -0.39 is 0 Å². The first-order chi connectivity index (χ1) is 15.5. The molecular weight excluding hydrogens is 406 g/mol. The van der Waals surface area contributed by atoms with Gasteiger partial charge in [-0.3, -0.25) is 9.59 Å². The van der Waals surface area contributed by atoms with Crippen molar-refractivity contribution >= 4 is 29.3 Å². The number of aromatic nitrogens is 1. The first-order valence-corrected chi connectivity index (χ1v) is 10.7. The van der Waals surface area contributed by atoms with Crippen LogP contribution in [0, 0.1) is 6.92 Å². The van der Waals surface area contributed by atoms with Crippen LogP contribution in [0.15, 0.2) is 42.6 Å². The third-order valence-electron chi connectivity index (χ3n) is 5.61. The predicted octanol–water partition coefficient (Wildman–Crippen LogP) is 3.59. The minimum Gasteiger partial charge on any atom is -0.496 e. The van der Waals surface area contributed by atoms with Crippen LogP contribution in [0.4, 0.5) is 5.82 Å². The number of pyridine rings is 1. The van der Waals surface area contributed by atoms with Gasteiger partial charge in [-0.1, -0.05) is 17.7 Å². The largest absolute Gasteiger partial charge is 0.496 e. The molecule has 2 aliphatic rings. The number of rotatable bonds is 4. The number of anilines is 1. The van der Waals surface area contributed by atoms with Gasteiger partial charge in [0.2, 0.25) is 5.91 Å². The molecule has 2 aliphatic heterocycles. The monoisotopic (exact) mass is 433 g/mol. The summed E-state index contributed by atoms with van der Waals surface area (Å²) in [4.78, 5) is 30.5. The second-order valence-electron chi connectivity index (χ2n) is 7.95. The van der Waals surface area contributed by atoms with E-state index in [-0.39, 0.29) is 18.4 Å². The lowest BCUT2D eigenvalue weighted by atomic mass is 9.99. The summed E-state index contributed by atoms with van der Waals surface area (Å²) in [5, 5.41) is 2.71. The van der Waals surface area contributed by atoms with Gasteiger partial charge in [-0.15, -0.1) is 0 Å². The normalized spacial score (nSPS) is 16.6. The Morgan fingerprint density at radius 1 is 1.25 bits per heavy atom. The van der Waals surface area contributed by atoms with E-state index >= 15 is 0 Å². The minimum atomic E-state index is -0.216. The minimum absolute atomic E-state index is 0.0133. The van der Waals surface area contributed by atoms with E-state index in [1.54, 1.807) is 25.5 Å². The number of carbonyl (C=O) groups excluding carboxylic acids is 2. The summed E-state index contributed by atoms with van der Waals surface area (Å²) in [6.45, 7) is 3.70. The fraction of sp³-hybridized carbons (Fsp3) is 0.320. The molecule has 1 N–H and O–H groups in total. The Bertz CT molecular complexity index is 1090. The molecule has 7 heteroatoms. The number of nitrogens with zero attached hydrogens (tertiary/aromatic N) is 2. The summed E-state index contributed by atoms with van der Waals surface area (Å²) < 4.78 is 10.9. The van der Waals surface area contributed by atoms with Crippen LogP contribution in [-0.4, -0.2) is 48.5 Å². The zero-order valence-electron chi connectivity index (χ0n) is 18.4. The number of hydrogen-bond acceptors (Lipinski definition) is 5. The Labute approximate surface area is 187 Å². The number of hydrogen-bond donors (Lipinski definition) is 1. The smallest absolute Gasteiger partial charge is 0.251 e. The van der Waals surface area contributed by atoms with Gasteiger partial charge in [0.15, 0.2) is 0 Å². The van der Waals surface area contributed by atoms with Crippen molar-refractivity contribution in [2.45, 2.75) is 26.4 Å². The molecule has 0 unspecified atom stereocenters. The van der Waals surface area contributed by atoms with Crippen LogP contribution in [0.5, 0.6) is 5.75 Å². The van der Waals surface area contributed by atoms with Crippen LogP contribution < -0.4 is 10.1 Å². The second-order valence-corrected chi connectivity index (χ2v) is 7.95. The standard InChI is InChI=1S/C25H27N3O4/c1-17-5-7-22(31-2)21(12-17)19-4-3-10-28(11-9-19)24(30)8-6-18-13-20-15-32-16-23(29)27-25(20)26-14-18/h4-8,12-14H,3,9-11,15-16H2,1-2H3,(H,26,27,29)/b8-6+. The number of aryl methyl sites for hydroxylation is 1. The van der Waals surface area contributed by atoms with E-state index in [2.05, 4.69) is 29.4 Å². The van der Waals surface area contributed by atoms with E-state index in [9.17, 15) is 9.59 Å². The van der Waals surface area contributed by atoms with E-state index in [4.69, 9.17) is 9.47 Å². The third kappa shape index (κ3) is 5.06. The van der Waals surface area contributed by atoms with Gasteiger partial charge in [0.05, 0.1) is 13.7 Å². The van der Waals surface area contributed by atoms with Crippen molar-refractivity contribution in [1.82, 2.24) is 9.88 Å². The molecule has 32 heavy (non-hydrogen) atoms. The number of carbonyl (C=O) groups is 2.